The van der Waals surface area contributed by atoms with Gasteiger partial charge in [0.1, 0.15) is 24.7 Å². The van der Waals surface area contributed by atoms with Crippen molar-refractivity contribution in [2.75, 3.05) is 13.7 Å². The van der Waals surface area contributed by atoms with Gasteiger partial charge in [-0.15, -0.1) is 9.20 Å². The van der Waals surface area contributed by atoms with E-state index in [1.54, 1.807) is 22.8 Å². The van der Waals surface area contributed by atoms with Crippen LogP contribution in [0, 0.1) is 0 Å². The van der Waals surface area contributed by atoms with Crippen molar-refractivity contribution in [2.24, 2.45) is 0 Å². The number of ether oxygens (including phenoxy) is 2. The number of imidazole rings is 1. The Kier molecular flexibility index (Phi) is 7.59. The molecule has 172 valence electrons. The van der Waals surface area contributed by atoms with E-state index in [0.29, 0.717) is 16.8 Å². The molecule has 2 aromatic rings. The molecule has 1 aromatic heterocycles. The third kappa shape index (κ3) is 6.14. The molecule has 31 heavy (non-hydrogen) atoms. The molecule has 3 rings (SSSR count). The van der Waals surface area contributed by atoms with Crippen LogP contribution in [0.1, 0.15) is 12.6 Å². The summed E-state index contributed by atoms with van der Waals surface area (Å²) in [6.45, 7) is -0.513. The molecule has 18 heteroatoms. The zero-order valence-corrected chi connectivity index (χ0v) is 18.3. The third-order valence-corrected chi connectivity index (χ3v) is 7.70. The first-order chi connectivity index (χ1) is 14.5. The quantitative estimate of drug-likeness (QED) is 0.208. The van der Waals surface area contributed by atoms with Crippen LogP contribution in [-0.4, -0.2) is 55.6 Å². The molecule has 0 amide bonds. The molecule has 1 aromatic carbocycles. The highest BCUT2D eigenvalue weighted by molar-refractivity contribution is 7.64. The number of hydrogen-bond donors (Lipinski definition) is 4. The van der Waals surface area contributed by atoms with Crippen LogP contribution in [0.4, 0.5) is 0 Å². The lowest BCUT2D eigenvalue weighted by molar-refractivity contribution is -0.157. The van der Waals surface area contributed by atoms with E-state index in [1.807, 2.05) is 0 Å². The molecule has 0 aliphatic carbocycles. The zero-order valence-electron chi connectivity index (χ0n) is 15.7. The van der Waals surface area contributed by atoms with Gasteiger partial charge in [-0.05, 0) is 16.4 Å². The Bertz CT molecular complexity index is 1040. The molecule has 15 nitrogen and oxygen atoms in total. The molecule has 1 aliphatic heterocycles. The summed E-state index contributed by atoms with van der Waals surface area (Å²) in [7, 11) is -12.5. The minimum atomic E-state index is -5.38. The molecule has 4 N–H and O–H groups in total. The van der Waals surface area contributed by atoms with Gasteiger partial charge >= 0.3 is 23.9 Å². The maximum atomic E-state index is 11.7. The largest absolute Gasteiger partial charge is 0.708 e. The summed E-state index contributed by atoms with van der Waals surface area (Å²) >= 11 is 0. The molecular weight excluding hydrogens is 485 g/mol. The number of aromatic nitrogens is 2. The Morgan fingerprint density at radius 2 is 2.06 bits per heavy atom. The van der Waals surface area contributed by atoms with Gasteiger partial charge in [0, 0.05) is 17.1 Å². The van der Waals surface area contributed by atoms with Crippen LogP contribution in [-0.2, 0) is 36.3 Å². The van der Waals surface area contributed by atoms with E-state index in [4.69, 9.17) is 24.1 Å². The summed E-state index contributed by atoms with van der Waals surface area (Å²) in [6.07, 6.45) is -0.986. The average molecular weight is 503 g/mol. The number of aliphatic hydroxyl groups excluding tert-OH is 1. The van der Waals surface area contributed by atoms with Crippen molar-refractivity contribution in [3.8, 4) is 5.75 Å². The summed E-state index contributed by atoms with van der Waals surface area (Å²) in [5, 5.41) is 18.3. The molecule has 3 unspecified atom stereocenters. The van der Waals surface area contributed by atoms with Crippen molar-refractivity contribution in [3.05, 3.63) is 24.5 Å². The van der Waals surface area contributed by atoms with Gasteiger partial charge in [-0.1, -0.05) is 0 Å². The number of rotatable bonds is 10. The van der Waals surface area contributed by atoms with Crippen molar-refractivity contribution in [3.63, 3.8) is 0 Å². The second kappa shape index (κ2) is 9.67. The Hall–Kier alpha value is -1.31. The Balaban J connectivity index is 1.58. The van der Waals surface area contributed by atoms with Gasteiger partial charge < -0.3 is 24.0 Å². The lowest BCUT2D eigenvalue weighted by Crippen LogP contribution is -2.25. The van der Waals surface area contributed by atoms with E-state index < -0.39 is 48.9 Å². The number of nitrogens with zero attached hydrogens (tertiary/aromatic N) is 2. The number of phosphoric acid groups is 2. The van der Waals surface area contributed by atoms with Crippen LogP contribution in [0.25, 0.3) is 11.0 Å². The van der Waals surface area contributed by atoms with Crippen molar-refractivity contribution >= 4 is 34.9 Å². The highest BCUT2D eigenvalue weighted by atomic mass is 31.3. The van der Waals surface area contributed by atoms with Crippen LogP contribution >= 0.6 is 23.9 Å². The van der Waals surface area contributed by atoms with Gasteiger partial charge in [-0.2, -0.15) is 4.31 Å². The standard InChI is InChI=1S/C13H17N2O13P3/c1-23-8-2-3-10-9(4-8)14-7-15(10)13-5-11(16)12(25-13)6-24-29(18)27-31(21,22)28-30(19,20)26-17/h2-4,7,11-13,16H,5-6H2,1H3,(H2-,17,19,20,21,22)/p+1/t11-,12+,13+/m0/s1. The second-order valence-electron chi connectivity index (χ2n) is 6.14. The smallest absolute Gasteiger partial charge is 0.497 e. The fraction of sp³-hybridized carbons (Fsp3) is 0.462. The molecular formula is C13H18N2O13P3+. The summed E-state index contributed by atoms with van der Waals surface area (Å²) in [4.78, 5) is 22.3. The van der Waals surface area contributed by atoms with E-state index in [9.17, 15) is 23.7 Å². The van der Waals surface area contributed by atoms with E-state index >= 15 is 0 Å². The van der Waals surface area contributed by atoms with Crippen LogP contribution in [0.3, 0.4) is 0 Å². The van der Waals surface area contributed by atoms with Crippen molar-refractivity contribution < 1.29 is 61.1 Å². The molecule has 0 bridgehead atoms. The van der Waals surface area contributed by atoms with Crippen molar-refractivity contribution in [1.29, 1.82) is 0 Å². The molecule has 2 heterocycles. The fourth-order valence-corrected chi connectivity index (χ4v) is 5.49. The minimum Gasteiger partial charge on any atom is -0.497 e. The lowest BCUT2D eigenvalue weighted by atomic mass is 10.2. The maximum absolute atomic E-state index is 11.7. The van der Waals surface area contributed by atoms with Crippen molar-refractivity contribution in [2.45, 2.75) is 24.9 Å². The Morgan fingerprint density at radius 3 is 2.74 bits per heavy atom. The average Bonchev–Trinajstić information content (AvgIpc) is 3.27. The molecule has 1 fully saturated rings. The van der Waals surface area contributed by atoms with Crippen LogP contribution in [0.5, 0.6) is 5.75 Å². The topological polar surface area (TPSA) is 205 Å². The number of benzene rings is 1. The normalized spacial score (nSPS) is 25.8. The first-order valence-electron chi connectivity index (χ1n) is 8.37. The SMILES string of the molecule is COc1ccc2c(c1)ncn2[C@H]1C[C@H](O)[C@@H](CO[P+](=O)OP(=O)(O)OP(=O)(O)OO)O1. The molecule has 6 atom stereocenters. The summed E-state index contributed by atoms with van der Waals surface area (Å²) in [6, 6.07) is 5.22. The van der Waals surface area contributed by atoms with E-state index in [1.165, 1.54) is 13.4 Å². The lowest BCUT2D eigenvalue weighted by Gasteiger charge is -2.14. The molecule has 0 radical (unpaired) electrons. The second-order valence-corrected chi connectivity index (χ2v) is 10.2. The van der Waals surface area contributed by atoms with Crippen LogP contribution in [0.15, 0.2) is 24.5 Å². The number of aliphatic hydroxyl groups is 1. The van der Waals surface area contributed by atoms with Crippen LogP contribution < -0.4 is 4.74 Å². The Morgan fingerprint density at radius 1 is 1.32 bits per heavy atom. The third-order valence-electron chi connectivity index (χ3n) is 4.12. The highest BCUT2D eigenvalue weighted by Gasteiger charge is 2.46. The summed E-state index contributed by atoms with van der Waals surface area (Å²) in [5.74, 6) is 0.619. The molecule has 1 aliphatic rings. The zero-order chi connectivity index (χ0) is 22.8. The van der Waals surface area contributed by atoms with Gasteiger partial charge in [-0.3, -0.25) is 4.89 Å². The first kappa shape index (κ1) is 24.3. The molecule has 0 saturated carbocycles. The van der Waals surface area contributed by atoms with Gasteiger partial charge in [0.2, 0.25) is 0 Å². The summed E-state index contributed by atoms with van der Waals surface area (Å²) in [5.41, 5.74) is 1.35. The number of hydrogen-bond acceptors (Lipinski definition) is 12. The molecule has 1 saturated heterocycles. The predicted octanol–water partition coefficient (Wildman–Crippen LogP) is 2.09. The Labute approximate surface area is 175 Å². The highest BCUT2D eigenvalue weighted by Crippen LogP contribution is 2.63. The van der Waals surface area contributed by atoms with Gasteiger partial charge in [0.25, 0.3) is 0 Å². The molecule has 0 spiro atoms. The van der Waals surface area contributed by atoms with Gasteiger partial charge in [0.05, 0.1) is 30.6 Å². The van der Waals surface area contributed by atoms with E-state index in [0.717, 1.165) is 0 Å². The van der Waals surface area contributed by atoms with Gasteiger partial charge in [-0.25, -0.2) is 19.4 Å². The number of methoxy groups -OCH3 is 1. The number of fused-ring (bicyclic) bond motifs is 1. The van der Waals surface area contributed by atoms with Crippen LogP contribution in [0.2, 0.25) is 0 Å². The van der Waals surface area contributed by atoms with E-state index in [-0.39, 0.29) is 6.42 Å². The minimum absolute atomic E-state index is 0.145. The van der Waals surface area contributed by atoms with Crippen molar-refractivity contribution in [1.82, 2.24) is 9.55 Å². The van der Waals surface area contributed by atoms with E-state index in [2.05, 4.69) is 18.3 Å². The van der Waals surface area contributed by atoms with Gasteiger partial charge in [0.15, 0.2) is 0 Å². The monoisotopic (exact) mass is 503 g/mol. The fourth-order valence-electron chi connectivity index (χ4n) is 2.81. The first-order valence-corrected chi connectivity index (χ1v) is 12.5. The predicted molar refractivity (Wildman–Crippen MR) is 99.9 cm³/mol. The maximum Gasteiger partial charge on any atom is 0.708 e. The summed E-state index contributed by atoms with van der Waals surface area (Å²) < 4.78 is 62.0.